The van der Waals surface area contributed by atoms with Crippen LogP contribution in [0.4, 0.5) is 0 Å². The highest BCUT2D eigenvalue weighted by Crippen LogP contribution is 2.01. The second-order valence-corrected chi connectivity index (χ2v) is 6.57. The van der Waals surface area contributed by atoms with E-state index in [-0.39, 0.29) is 0 Å². The molecule has 7 heterocycles. The summed E-state index contributed by atoms with van der Waals surface area (Å²) < 4.78 is 2.08. The summed E-state index contributed by atoms with van der Waals surface area (Å²) in [5, 5.41) is 7.07. The largest absolute Gasteiger partial charge is 0.324 e. The van der Waals surface area contributed by atoms with E-state index in [2.05, 4.69) is 66.6 Å². The van der Waals surface area contributed by atoms with Gasteiger partial charge in [0.2, 0.25) is 0 Å². The Morgan fingerprint density at radius 3 is 1.13 bits per heavy atom. The zero-order valence-electron chi connectivity index (χ0n) is 21.0. The van der Waals surface area contributed by atoms with Gasteiger partial charge in [0.05, 0.1) is 0 Å². The van der Waals surface area contributed by atoms with Crippen LogP contribution in [0.2, 0.25) is 0 Å². The van der Waals surface area contributed by atoms with Crippen molar-refractivity contribution in [3.8, 4) is 0 Å². The first-order valence-corrected chi connectivity index (χ1v) is 11.5. The van der Waals surface area contributed by atoms with Gasteiger partial charge < -0.3 is 4.40 Å². The van der Waals surface area contributed by atoms with Crippen LogP contribution in [0, 0.1) is 0 Å². The summed E-state index contributed by atoms with van der Waals surface area (Å²) in [6.45, 7) is 0. The molecule has 0 fully saturated rings. The predicted octanol–water partition coefficient (Wildman–Crippen LogP) is 4.32. The standard InChI is InChI=1S/C8H7N.C5H5N.3C4H4N2.C3H3N3/c1-2-6-9-7-3-5-8(9)4-1;1-2-4-6-5-3-1;1-2-6-4-3-5-1;1-2-5-4-6-3-1;1-2-4-6-5-3-1;1-4-2-6-3-5-1/h1-7H;1-5H;3*1-4H;1-3H. The number of fused-ring (bicyclic) bond motifs is 1. The van der Waals surface area contributed by atoms with Gasteiger partial charge in [-0.05, 0) is 54.6 Å². The number of aromatic nitrogens is 11. The van der Waals surface area contributed by atoms with E-state index < -0.39 is 0 Å². The lowest BCUT2D eigenvalue weighted by molar-refractivity contribution is 1.03. The first-order chi connectivity index (χ1) is 19.5. The highest BCUT2D eigenvalue weighted by Gasteiger charge is 1.84. The Labute approximate surface area is 226 Å². The molecule has 0 radical (unpaired) electrons. The van der Waals surface area contributed by atoms with Crippen LogP contribution in [-0.4, -0.2) is 54.5 Å². The predicted molar refractivity (Wildman–Crippen MR) is 148 cm³/mol. The van der Waals surface area contributed by atoms with Gasteiger partial charge in [0.25, 0.3) is 0 Å². The minimum atomic E-state index is 1.25. The van der Waals surface area contributed by atoms with E-state index >= 15 is 0 Å². The highest BCUT2D eigenvalue weighted by molar-refractivity contribution is 5.46. The molecule has 0 aliphatic heterocycles. The van der Waals surface area contributed by atoms with Crippen LogP contribution < -0.4 is 0 Å². The summed E-state index contributed by atoms with van der Waals surface area (Å²) in [6, 6.07) is 21.4. The lowest BCUT2D eigenvalue weighted by Crippen LogP contribution is -1.75. The molecule has 0 N–H and O–H groups in total. The number of pyridine rings is 2. The summed E-state index contributed by atoms with van der Waals surface area (Å²) >= 11 is 0. The molecule has 7 aromatic rings. The Hall–Kier alpha value is -5.84. The fourth-order valence-electron chi connectivity index (χ4n) is 2.26. The number of nitrogens with zero attached hydrogens (tertiary/aromatic N) is 11. The normalized spacial score (nSPS) is 8.51. The van der Waals surface area contributed by atoms with Gasteiger partial charge in [0, 0.05) is 79.9 Å². The monoisotopic (exact) mass is 517 g/mol. The van der Waals surface area contributed by atoms with E-state index in [9.17, 15) is 0 Å². The van der Waals surface area contributed by atoms with Gasteiger partial charge in [-0.15, -0.1) is 0 Å². The molecule has 0 saturated carbocycles. The quantitative estimate of drug-likeness (QED) is 0.286. The van der Waals surface area contributed by atoms with E-state index in [1.54, 1.807) is 68.0 Å². The van der Waals surface area contributed by atoms with Crippen molar-refractivity contribution in [2.45, 2.75) is 0 Å². The fraction of sp³-hybridized carbons (Fsp3) is 0. The molecule has 0 aliphatic rings. The first-order valence-electron chi connectivity index (χ1n) is 11.5. The van der Waals surface area contributed by atoms with Gasteiger partial charge in [0.1, 0.15) is 25.3 Å². The summed E-state index contributed by atoms with van der Waals surface area (Å²) in [7, 11) is 0. The van der Waals surface area contributed by atoms with E-state index in [1.165, 1.54) is 30.8 Å². The van der Waals surface area contributed by atoms with E-state index in [0.29, 0.717) is 0 Å². The summed E-state index contributed by atoms with van der Waals surface area (Å²) in [4.78, 5) is 29.3. The van der Waals surface area contributed by atoms with Crippen LogP contribution in [0.25, 0.3) is 5.52 Å². The molecule has 7 rings (SSSR count). The average molecular weight is 518 g/mol. The van der Waals surface area contributed by atoms with Crippen LogP contribution in [0.1, 0.15) is 0 Å². The van der Waals surface area contributed by atoms with Gasteiger partial charge in [-0.3, -0.25) is 15.0 Å². The minimum absolute atomic E-state index is 1.25. The van der Waals surface area contributed by atoms with Crippen molar-refractivity contribution < 1.29 is 0 Å². The van der Waals surface area contributed by atoms with E-state index in [4.69, 9.17) is 0 Å². The topological polar surface area (TPSA) is 133 Å². The number of hydrogen-bond donors (Lipinski definition) is 0. The van der Waals surface area contributed by atoms with Crippen molar-refractivity contribution >= 4 is 5.52 Å². The molecule has 0 atom stereocenters. The Kier molecular flexibility index (Phi) is 17.0. The molecular weight excluding hydrogens is 490 g/mol. The molecule has 0 saturated heterocycles. The lowest BCUT2D eigenvalue weighted by atomic mass is 10.4. The zero-order chi connectivity index (χ0) is 27.3. The van der Waals surface area contributed by atoms with Crippen molar-refractivity contribution in [3.05, 3.63) is 166 Å². The van der Waals surface area contributed by atoms with Gasteiger partial charge >= 0.3 is 0 Å². The number of hydrogen-bond acceptors (Lipinski definition) is 10. The summed E-state index contributed by atoms with van der Waals surface area (Å²) in [5.41, 5.74) is 1.25. The Bertz CT molecular complexity index is 1050. The average Bonchev–Trinajstić information content (AvgIpc) is 3.56. The second kappa shape index (κ2) is 22.6. The van der Waals surface area contributed by atoms with E-state index in [1.807, 2.05) is 60.9 Å². The molecule has 11 nitrogen and oxygen atoms in total. The molecule has 11 heteroatoms. The van der Waals surface area contributed by atoms with Crippen LogP contribution in [-0.2, 0) is 0 Å². The molecule has 0 bridgehead atoms. The van der Waals surface area contributed by atoms with Crippen molar-refractivity contribution in [3.63, 3.8) is 0 Å². The molecule has 0 aromatic carbocycles. The third kappa shape index (κ3) is 17.3. The SMILES string of the molecule is c1ccn2cccc2c1.c1ccncc1.c1ccnnc1.c1cnccn1.c1cncnc1.c1ncncn1. The van der Waals surface area contributed by atoms with Crippen molar-refractivity contribution in [1.82, 2.24) is 54.5 Å². The maximum Gasteiger partial charge on any atom is 0.119 e. The fourth-order valence-corrected chi connectivity index (χ4v) is 2.26. The van der Waals surface area contributed by atoms with Crippen LogP contribution in [0.5, 0.6) is 0 Å². The molecular formula is C28H27N11. The Morgan fingerprint density at radius 2 is 0.795 bits per heavy atom. The Morgan fingerprint density at radius 1 is 0.333 bits per heavy atom. The third-order valence-electron chi connectivity index (χ3n) is 3.84. The molecule has 7 aromatic heterocycles. The molecule has 0 aliphatic carbocycles. The highest BCUT2D eigenvalue weighted by atomic mass is 15.1. The first kappa shape index (κ1) is 29.4. The van der Waals surface area contributed by atoms with Gasteiger partial charge in [-0.25, -0.2) is 24.9 Å². The third-order valence-corrected chi connectivity index (χ3v) is 3.84. The Balaban J connectivity index is 0.000000166. The molecule has 39 heavy (non-hydrogen) atoms. The van der Waals surface area contributed by atoms with Crippen LogP contribution in [0.15, 0.2) is 166 Å². The molecule has 0 spiro atoms. The second-order valence-electron chi connectivity index (χ2n) is 6.57. The maximum atomic E-state index is 3.78. The van der Waals surface area contributed by atoms with Gasteiger partial charge in [-0.1, -0.05) is 12.1 Å². The summed E-state index contributed by atoms with van der Waals surface area (Å²) in [5.74, 6) is 0. The molecule has 194 valence electrons. The van der Waals surface area contributed by atoms with Crippen LogP contribution >= 0.6 is 0 Å². The number of rotatable bonds is 0. The molecule has 0 amide bonds. The van der Waals surface area contributed by atoms with Crippen molar-refractivity contribution in [1.29, 1.82) is 0 Å². The van der Waals surface area contributed by atoms with Crippen LogP contribution in [0.3, 0.4) is 0 Å². The van der Waals surface area contributed by atoms with E-state index in [0.717, 1.165) is 0 Å². The van der Waals surface area contributed by atoms with Gasteiger partial charge in [-0.2, -0.15) is 10.2 Å². The van der Waals surface area contributed by atoms with Crippen molar-refractivity contribution in [2.24, 2.45) is 0 Å². The molecule has 0 unspecified atom stereocenters. The maximum absolute atomic E-state index is 3.78. The van der Waals surface area contributed by atoms with Crippen molar-refractivity contribution in [2.75, 3.05) is 0 Å². The zero-order valence-corrected chi connectivity index (χ0v) is 21.0. The minimum Gasteiger partial charge on any atom is -0.324 e. The smallest absolute Gasteiger partial charge is 0.119 e. The lowest BCUT2D eigenvalue weighted by Gasteiger charge is -1.88. The van der Waals surface area contributed by atoms with Gasteiger partial charge in [0.15, 0.2) is 0 Å². The summed E-state index contributed by atoms with van der Waals surface area (Å²) in [6.07, 6.45) is 26.6.